The van der Waals surface area contributed by atoms with Gasteiger partial charge in [-0.15, -0.1) is 0 Å². The minimum Gasteiger partial charge on any atom is -0.355 e. The molecule has 174 valence electrons. The molecule has 1 amide bonds. The smallest absolute Gasteiger partial charge is 0.267 e. The molecule has 0 aromatic carbocycles. The van der Waals surface area contributed by atoms with Crippen molar-refractivity contribution in [2.45, 2.75) is 58.9 Å². The summed E-state index contributed by atoms with van der Waals surface area (Å²) in [5.74, 6) is 1.63. The average Bonchev–Trinajstić information content (AvgIpc) is 3.37. The summed E-state index contributed by atoms with van der Waals surface area (Å²) >= 11 is 6.89. The van der Waals surface area contributed by atoms with Crippen molar-refractivity contribution >= 4 is 51.7 Å². The van der Waals surface area contributed by atoms with E-state index in [1.165, 1.54) is 11.8 Å². The van der Waals surface area contributed by atoms with Gasteiger partial charge in [-0.05, 0) is 55.7 Å². The Morgan fingerprint density at radius 2 is 1.82 bits per heavy atom. The topological polar surface area (TPSA) is 57.9 Å². The second-order valence-corrected chi connectivity index (χ2v) is 11.6. The van der Waals surface area contributed by atoms with Crippen LogP contribution >= 0.6 is 24.0 Å². The van der Waals surface area contributed by atoms with Crippen molar-refractivity contribution in [3.05, 3.63) is 44.7 Å². The minimum absolute atomic E-state index is 0.0723. The maximum absolute atomic E-state index is 13.7. The lowest BCUT2D eigenvalue weighted by atomic mass is 9.91. The number of thioether (sulfide) groups is 1. The molecule has 2 aliphatic heterocycles. The molecule has 0 spiro atoms. The number of aryl methyl sites for hydroxylation is 1. The Morgan fingerprint density at radius 3 is 2.52 bits per heavy atom. The minimum atomic E-state index is -0.143. The summed E-state index contributed by atoms with van der Waals surface area (Å²) in [6, 6.07) is 4.05. The maximum Gasteiger partial charge on any atom is 0.267 e. The van der Waals surface area contributed by atoms with Crippen molar-refractivity contribution in [3.63, 3.8) is 0 Å². The standard InChI is InChI=1S/C25H30N4O2S2/c1-15-8-9-21-26-22(27-12-16(2)10-17(3)13-27)19(23(30)28(21)14-15)11-20-24(31)29(25(32)33-20)18-6-4-5-7-18/h8-9,11,14,16-18H,4-7,10,12-13H2,1-3H3/b20-11-/t16-,17-/m1/s1. The second kappa shape index (κ2) is 8.87. The quantitative estimate of drug-likeness (QED) is 0.470. The second-order valence-electron chi connectivity index (χ2n) is 9.93. The van der Waals surface area contributed by atoms with Crippen molar-refractivity contribution in [3.8, 4) is 0 Å². The van der Waals surface area contributed by atoms with Crippen LogP contribution in [0.4, 0.5) is 5.82 Å². The molecule has 2 aromatic rings. The predicted octanol–water partition coefficient (Wildman–Crippen LogP) is 4.63. The van der Waals surface area contributed by atoms with E-state index < -0.39 is 0 Å². The number of thiocarbonyl (C=S) groups is 1. The van der Waals surface area contributed by atoms with Crippen molar-refractivity contribution in [2.75, 3.05) is 18.0 Å². The fourth-order valence-electron chi connectivity index (χ4n) is 5.54. The van der Waals surface area contributed by atoms with E-state index in [9.17, 15) is 9.59 Å². The normalized spacial score (nSPS) is 25.7. The molecule has 2 saturated heterocycles. The summed E-state index contributed by atoms with van der Waals surface area (Å²) < 4.78 is 2.20. The first-order valence-corrected chi connectivity index (χ1v) is 13.1. The van der Waals surface area contributed by atoms with E-state index in [1.807, 2.05) is 25.3 Å². The number of anilines is 1. The zero-order valence-electron chi connectivity index (χ0n) is 19.4. The van der Waals surface area contributed by atoms with Gasteiger partial charge >= 0.3 is 0 Å². The zero-order valence-corrected chi connectivity index (χ0v) is 21.0. The number of amides is 1. The maximum atomic E-state index is 13.7. The van der Waals surface area contributed by atoms with Crippen LogP contribution in [0.3, 0.4) is 0 Å². The number of nitrogens with zero attached hydrogens (tertiary/aromatic N) is 4. The molecule has 3 aliphatic rings. The van der Waals surface area contributed by atoms with Crippen LogP contribution in [0.1, 0.15) is 57.1 Å². The van der Waals surface area contributed by atoms with Crippen LogP contribution < -0.4 is 10.5 Å². The fourth-order valence-corrected chi connectivity index (χ4v) is 6.92. The van der Waals surface area contributed by atoms with Crippen LogP contribution in [0.2, 0.25) is 0 Å². The lowest BCUT2D eigenvalue weighted by Crippen LogP contribution is -2.40. The van der Waals surface area contributed by atoms with Gasteiger partial charge in [-0.3, -0.25) is 18.9 Å². The van der Waals surface area contributed by atoms with Gasteiger partial charge in [-0.25, -0.2) is 4.98 Å². The van der Waals surface area contributed by atoms with E-state index in [0.717, 1.165) is 50.8 Å². The third kappa shape index (κ3) is 4.23. The van der Waals surface area contributed by atoms with E-state index in [0.29, 0.717) is 38.1 Å². The van der Waals surface area contributed by atoms with Crippen LogP contribution in [0.25, 0.3) is 11.7 Å². The van der Waals surface area contributed by atoms with Crippen LogP contribution in [0, 0.1) is 18.8 Å². The number of piperidine rings is 1. The predicted molar refractivity (Wildman–Crippen MR) is 139 cm³/mol. The van der Waals surface area contributed by atoms with Crippen molar-refractivity contribution in [1.29, 1.82) is 0 Å². The molecule has 33 heavy (non-hydrogen) atoms. The Balaban J connectivity index is 1.63. The summed E-state index contributed by atoms with van der Waals surface area (Å²) in [6.45, 7) is 8.14. The molecule has 3 fully saturated rings. The molecule has 2 atom stereocenters. The summed E-state index contributed by atoms with van der Waals surface area (Å²) in [4.78, 5) is 36.5. The first-order valence-electron chi connectivity index (χ1n) is 11.9. The highest BCUT2D eigenvalue weighted by Crippen LogP contribution is 2.38. The monoisotopic (exact) mass is 482 g/mol. The number of aromatic nitrogens is 2. The number of hydrogen-bond donors (Lipinski definition) is 0. The lowest BCUT2D eigenvalue weighted by molar-refractivity contribution is -0.123. The summed E-state index contributed by atoms with van der Waals surface area (Å²) in [5.41, 5.74) is 1.95. The third-order valence-electron chi connectivity index (χ3n) is 6.94. The first-order chi connectivity index (χ1) is 15.8. The summed E-state index contributed by atoms with van der Waals surface area (Å²) in [7, 11) is 0. The molecule has 0 bridgehead atoms. The van der Waals surface area contributed by atoms with Crippen molar-refractivity contribution < 1.29 is 4.79 Å². The van der Waals surface area contributed by atoms with Gasteiger partial charge in [0.1, 0.15) is 15.8 Å². The largest absolute Gasteiger partial charge is 0.355 e. The van der Waals surface area contributed by atoms with Gasteiger partial charge in [-0.2, -0.15) is 0 Å². The molecule has 1 saturated carbocycles. The Labute approximate surface area is 204 Å². The number of pyridine rings is 1. The lowest BCUT2D eigenvalue weighted by Gasteiger charge is -2.36. The van der Waals surface area contributed by atoms with Gasteiger partial charge in [0.05, 0.1) is 10.5 Å². The highest BCUT2D eigenvalue weighted by atomic mass is 32.2. The highest BCUT2D eigenvalue weighted by Gasteiger charge is 2.38. The molecule has 5 rings (SSSR count). The molecule has 0 radical (unpaired) electrons. The fraction of sp³-hybridized carbons (Fsp3) is 0.520. The zero-order chi connectivity index (χ0) is 23.3. The molecule has 4 heterocycles. The van der Waals surface area contributed by atoms with Gasteiger partial charge < -0.3 is 4.90 Å². The van der Waals surface area contributed by atoms with E-state index >= 15 is 0 Å². The molecule has 6 nitrogen and oxygen atoms in total. The number of fused-ring (bicyclic) bond motifs is 1. The Kier molecular flexibility index (Phi) is 6.07. The first kappa shape index (κ1) is 22.6. The van der Waals surface area contributed by atoms with Crippen molar-refractivity contribution in [1.82, 2.24) is 14.3 Å². The number of hydrogen-bond acceptors (Lipinski definition) is 6. The average molecular weight is 483 g/mol. The highest BCUT2D eigenvalue weighted by molar-refractivity contribution is 8.26. The van der Waals surface area contributed by atoms with Crippen LogP contribution in [0.5, 0.6) is 0 Å². The Morgan fingerprint density at radius 1 is 1.12 bits per heavy atom. The van der Waals surface area contributed by atoms with Gasteiger partial charge in [0.25, 0.3) is 11.5 Å². The van der Waals surface area contributed by atoms with Crippen LogP contribution in [-0.4, -0.2) is 43.6 Å². The third-order valence-corrected chi connectivity index (χ3v) is 8.27. The molecule has 0 N–H and O–H groups in total. The van der Waals surface area contributed by atoms with Gasteiger partial charge in [0, 0.05) is 25.3 Å². The summed E-state index contributed by atoms with van der Waals surface area (Å²) in [6.07, 6.45) is 8.98. The van der Waals surface area contributed by atoms with E-state index in [2.05, 4.69) is 18.7 Å². The van der Waals surface area contributed by atoms with E-state index in [1.54, 1.807) is 15.4 Å². The number of carbonyl (C=O) groups excluding carboxylic acids is 1. The molecule has 8 heteroatoms. The van der Waals surface area contributed by atoms with E-state index in [-0.39, 0.29) is 17.5 Å². The molecule has 2 aromatic heterocycles. The Hall–Kier alpha value is -2.19. The van der Waals surface area contributed by atoms with Crippen LogP contribution in [0.15, 0.2) is 28.0 Å². The SMILES string of the molecule is Cc1ccc2nc(N3C[C@H](C)C[C@@H](C)C3)c(/C=C3\SC(=S)N(C4CCCC4)C3=O)c(=O)n2c1. The van der Waals surface area contributed by atoms with E-state index in [4.69, 9.17) is 17.2 Å². The van der Waals surface area contributed by atoms with Crippen LogP contribution in [-0.2, 0) is 4.79 Å². The number of rotatable bonds is 3. The number of carbonyl (C=O) groups is 1. The molecular formula is C25H30N4O2S2. The molecule has 1 aliphatic carbocycles. The summed E-state index contributed by atoms with van der Waals surface area (Å²) in [5, 5.41) is 0. The molecule has 0 unspecified atom stereocenters. The van der Waals surface area contributed by atoms with Gasteiger partial charge in [0.2, 0.25) is 0 Å². The van der Waals surface area contributed by atoms with Gasteiger partial charge in [0.15, 0.2) is 0 Å². The molecular weight excluding hydrogens is 452 g/mol. The van der Waals surface area contributed by atoms with Gasteiger partial charge in [-0.1, -0.05) is 56.7 Å². The van der Waals surface area contributed by atoms with Crippen molar-refractivity contribution in [2.24, 2.45) is 11.8 Å². The Bertz CT molecular complexity index is 1200.